The first-order valence-corrected chi connectivity index (χ1v) is 7.88. The Labute approximate surface area is 146 Å². The number of hydrogen-bond acceptors (Lipinski definition) is 3. The van der Waals surface area contributed by atoms with Crippen LogP contribution in [0.25, 0.3) is 6.08 Å². The summed E-state index contributed by atoms with van der Waals surface area (Å²) < 4.78 is 5.08. The van der Waals surface area contributed by atoms with Crippen LogP contribution in [0.5, 0.6) is 0 Å². The van der Waals surface area contributed by atoms with E-state index in [1.165, 1.54) is 13.0 Å². The van der Waals surface area contributed by atoms with E-state index < -0.39 is 12.1 Å². The zero-order valence-electron chi connectivity index (χ0n) is 13.2. The molecule has 24 heavy (non-hydrogen) atoms. The van der Waals surface area contributed by atoms with Crippen LogP contribution in [0.2, 0.25) is 5.02 Å². The number of ether oxygens (including phenoxy) is 1. The SMILES string of the molecule is C[C@H](OC(=O)/C=C/c1cccc(Cl)c1)C(=O)NCc1ccccc1. The fourth-order valence-corrected chi connectivity index (χ4v) is 2.17. The standard InChI is InChI=1S/C19H18ClNO3/c1-14(19(23)21-13-16-6-3-2-4-7-16)24-18(22)11-10-15-8-5-9-17(20)12-15/h2-12,14H,13H2,1H3,(H,21,23)/b11-10+/t14-/m0/s1. The van der Waals surface area contributed by atoms with E-state index in [1.54, 1.807) is 24.3 Å². The van der Waals surface area contributed by atoms with Gasteiger partial charge in [-0.15, -0.1) is 0 Å². The normalized spacial score (nSPS) is 11.9. The number of esters is 1. The first-order valence-electron chi connectivity index (χ1n) is 7.50. The molecule has 1 atom stereocenters. The molecule has 124 valence electrons. The lowest BCUT2D eigenvalue weighted by atomic mass is 10.2. The molecule has 2 rings (SSSR count). The Morgan fingerprint density at radius 2 is 1.92 bits per heavy atom. The van der Waals surface area contributed by atoms with Crippen molar-refractivity contribution in [3.8, 4) is 0 Å². The van der Waals surface area contributed by atoms with Crippen molar-refractivity contribution in [2.24, 2.45) is 0 Å². The third-order valence-electron chi connectivity index (χ3n) is 3.23. The van der Waals surface area contributed by atoms with Crippen LogP contribution in [-0.4, -0.2) is 18.0 Å². The average Bonchev–Trinajstić information content (AvgIpc) is 2.59. The number of carbonyl (C=O) groups excluding carboxylic acids is 2. The smallest absolute Gasteiger partial charge is 0.331 e. The molecule has 0 bridgehead atoms. The predicted octanol–water partition coefficient (Wildman–Crippen LogP) is 3.60. The molecule has 0 fully saturated rings. The van der Waals surface area contributed by atoms with Crippen LogP contribution < -0.4 is 5.32 Å². The number of amides is 1. The fourth-order valence-electron chi connectivity index (χ4n) is 1.97. The van der Waals surface area contributed by atoms with Crippen molar-refractivity contribution in [3.63, 3.8) is 0 Å². The first kappa shape index (κ1) is 17.8. The van der Waals surface area contributed by atoms with Crippen molar-refractivity contribution in [2.45, 2.75) is 19.6 Å². The van der Waals surface area contributed by atoms with Crippen LogP contribution >= 0.6 is 11.6 Å². The third-order valence-corrected chi connectivity index (χ3v) is 3.47. The molecule has 0 radical (unpaired) electrons. The second-order valence-electron chi connectivity index (χ2n) is 5.17. The summed E-state index contributed by atoms with van der Waals surface area (Å²) in [6.07, 6.45) is 1.99. The zero-order valence-corrected chi connectivity index (χ0v) is 14.0. The minimum Gasteiger partial charge on any atom is -0.449 e. The molecule has 0 aliphatic carbocycles. The van der Waals surface area contributed by atoms with Crippen LogP contribution in [0.4, 0.5) is 0 Å². The van der Waals surface area contributed by atoms with Gasteiger partial charge in [0.15, 0.2) is 6.10 Å². The van der Waals surface area contributed by atoms with E-state index in [0.717, 1.165) is 11.1 Å². The van der Waals surface area contributed by atoms with Crippen LogP contribution in [-0.2, 0) is 20.9 Å². The van der Waals surface area contributed by atoms with Crippen molar-refractivity contribution in [1.82, 2.24) is 5.32 Å². The minimum atomic E-state index is -0.870. The summed E-state index contributed by atoms with van der Waals surface area (Å²) in [6, 6.07) is 16.6. The molecule has 2 aromatic rings. The molecule has 5 heteroatoms. The summed E-state index contributed by atoms with van der Waals surface area (Å²) in [7, 11) is 0. The van der Waals surface area contributed by atoms with Gasteiger partial charge in [-0.05, 0) is 36.3 Å². The predicted molar refractivity (Wildman–Crippen MR) is 94.3 cm³/mol. The second-order valence-corrected chi connectivity index (χ2v) is 5.61. The van der Waals surface area contributed by atoms with E-state index >= 15 is 0 Å². The summed E-state index contributed by atoms with van der Waals surface area (Å²) in [5, 5.41) is 3.31. The number of benzene rings is 2. The van der Waals surface area contributed by atoms with Gasteiger partial charge in [-0.3, -0.25) is 4.79 Å². The minimum absolute atomic E-state index is 0.344. The molecule has 0 heterocycles. The average molecular weight is 344 g/mol. The van der Waals surface area contributed by atoms with Gasteiger partial charge in [0.25, 0.3) is 5.91 Å². The number of carbonyl (C=O) groups is 2. The van der Waals surface area contributed by atoms with Crippen LogP contribution in [0.3, 0.4) is 0 Å². The molecule has 0 aliphatic heterocycles. The van der Waals surface area contributed by atoms with Crippen LogP contribution in [0, 0.1) is 0 Å². The van der Waals surface area contributed by atoms with Gasteiger partial charge in [-0.2, -0.15) is 0 Å². The van der Waals surface area contributed by atoms with Gasteiger partial charge in [0.05, 0.1) is 0 Å². The van der Waals surface area contributed by atoms with E-state index in [4.69, 9.17) is 16.3 Å². The maximum atomic E-state index is 11.9. The van der Waals surface area contributed by atoms with E-state index in [2.05, 4.69) is 5.32 Å². The summed E-state index contributed by atoms with van der Waals surface area (Å²) >= 11 is 5.87. The van der Waals surface area contributed by atoms with Gasteiger partial charge < -0.3 is 10.1 Å². The Balaban J connectivity index is 1.81. The molecule has 0 saturated carbocycles. The van der Waals surface area contributed by atoms with Gasteiger partial charge in [0, 0.05) is 17.6 Å². The van der Waals surface area contributed by atoms with Crippen molar-refractivity contribution in [3.05, 3.63) is 76.8 Å². The van der Waals surface area contributed by atoms with Gasteiger partial charge in [0.1, 0.15) is 0 Å². The first-order chi connectivity index (χ1) is 11.5. The molecule has 0 aromatic heterocycles. The molecule has 4 nitrogen and oxygen atoms in total. The number of halogens is 1. The molecule has 0 saturated heterocycles. The van der Waals surface area contributed by atoms with Crippen molar-refractivity contribution >= 4 is 29.6 Å². The van der Waals surface area contributed by atoms with E-state index in [9.17, 15) is 9.59 Å². The Morgan fingerprint density at radius 3 is 2.62 bits per heavy atom. The maximum absolute atomic E-state index is 11.9. The topological polar surface area (TPSA) is 55.4 Å². The van der Waals surface area contributed by atoms with Crippen molar-refractivity contribution in [2.75, 3.05) is 0 Å². The molecule has 1 N–H and O–H groups in total. The summed E-state index contributed by atoms with van der Waals surface area (Å²) in [6.45, 7) is 1.92. The Kier molecular flexibility index (Phi) is 6.58. The molecular weight excluding hydrogens is 326 g/mol. The summed E-state index contributed by atoms with van der Waals surface area (Å²) in [4.78, 5) is 23.7. The van der Waals surface area contributed by atoms with Gasteiger partial charge in [-0.25, -0.2) is 4.79 Å². The highest BCUT2D eigenvalue weighted by atomic mass is 35.5. The molecular formula is C19H18ClNO3. The van der Waals surface area contributed by atoms with E-state index in [1.807, 2.05) is 36.4 Å². The molecule has 0 aliphatic rings. The largest absolute Gasteiger partial charge is 0.449 e. The van der Waals surface area contributed by atoms with E-state index in [0.29, 0.717) is 11.6 Å². The van der Waals surface area contributed by atoms with Gasteiger partial charge in [-0.1, -0.05) is 54.1 Å². The highest BCUT2D eigenvalue weighted by Crippen LogP contribution is 2.12. The fraction of sp³-hybridized carbons (Fsp3) is 0.158. The van der Waals surface area contributed by atoms with Crippen molar-refractivity contribution < 1.29 is 14.3 Å². The summed E-state index contributed by atoms with van der Waals surface area (Å²) in [5.41, 5.74) is 1.76. The zero-order chi connectivity index (χ0) is 17.4. The summed E-state index contributed by atoms with van der Waals surface area (Å²) in [5.74, 6) is -0.930. The molecule has 0 unspecified atom stereocenters. The monoisotopic (exact) mass is 343 g/mol. The van der Waals surface area contributed by atoms with Gasteiger partial charge in [0.2, 0.25) is 0 Å². The lowest BCUT2D eigenvalue weighted by Crippen LogP contribution is -2.35. The Morgan fingerprint density at radius 1 is 1.17 bits per heavy atom. The number of nitrogens with one attached hydrogen (secondary N) is 1. The Bertz CT molecular complexity index is 728. The van der Waals surface area contributed by atoms with E-state index in [-0.39, 0.29) is 5.91 Å². The maximum Gasteiger partial charge on any atom is 0.331 e. The van der Waals surface area contributed by atoms with Crippen LogP contribution in [0.15, 0.2) is 60.7 Å². The third kappa shape index (κ3) is 5.89. The second kappa shape index (κ2) is 8.89. The molecule has 1 amide bonds. The molecule has 0 spiro atoms. The highest BCUT2D eigenvalue weighted by molar-refractivity contribution is 6.30. The van der Waals surface area contributed by atoms with Crippen LogP contribution in [0.1, 0.15) is 18.1 Å². The highest BCUT2D eigenvalue weighted by Gasteiger charge is 2.15. The lowest BCUT2D eigenvalue weighted by Gasteiger charge is -2.12. The number of rotatable bonds is 6. The number of hydrogen-bond donors (Lipinski definition) is 1. The molecule has 2 aromatic carbocycles. The Hall–Kier alpha value is -2.59. The van der Waals surface area contributed by atoms with Gasteiger partial charge >= 0.3 is 5.97 Å². The quantitative estimate of drug-likeness (QED) is 0.644. The van der Waals surface area contributed by atoms with Crippen molar-refractivity contribution in [1.29, 1.82) is 0 Å². The lowest BCUT2D eigenvalue weighted by molar-refractivity contribution is -0.150.